The lowest BCUT2D eigenvalue weighted by atomic mass is 9.85. The van der Waals surface area contributed by atoms with Crippen LogP contribution in [0.1, 0.15) is 33.6 Å². The van der Waals surface area contributed by atoms with Gasteiger partial charge in [-0.15, -0.1) is 0 Å². The van der Waals surface area contributed by atoms with Gasteiger partial charge >= 0.3 is 0 Å². The van der Waals surface area contributed by atoms with Crippen molar-refractivity contribution in [1.82, 2.24) is 5.32 Å². The molecule has 1 fully saturated rings. The molecule has 1 N–H and O–H groups in total. The van der Waals surface area contributed by atoms with Crippen LogP contribution in [-0.2, 0) is 0 Å². The van der Waals surface area contributed by atoms with Gasteiger partial charge in [0, 0.05) is 11.8 Å². The van der Waals surface area contributed by atoms with Crippen LogP contribution in [0.4, 0.5) is 0 Å². The summed E-state index contributed by atoms with van der Waals surface area (Å²) < 4.78 is 0. The van der Waals surface area contributed by atoms with Crippen molar-refractivity contribution in [3.8, 4) is 0 Å². The van der Waals surface area contributed by atoms with E-state index in [0.29, 0.717) is 5.41 Å². The van der Waals surface area contributed by atoms with Gasteiger partial charge in [0.15, 0.2) is 0 Å². The van der Waals surface area contributed by atoms with E-state index in [4.69, 9.17) is 0 Å². The lowest BCUT2D eigenvalue weighted by Crippen LogP contribution is -2.32. The van der Waals surface area contributed by atoms with Gasteiger partial charge in [-0.2, -0.15) is 11.8 Å². The maximum atomic E-state index is 3.43. The van der Waals surface area contributed by atoms with E-state index in [1.54, 1.807) is 0 Å². The number of rotatable bonds is 3. The molecule has 78 valence electrons. The minimum Gasteiger partial charge on any atom is -0.316 e. The van der Waals surface area contributed by atoms with E-state index in [-0.39, 0.29) is 0 Å². The van der Waals surface area contributed by atoms with Crippen LogP contribution >= 0.6 is 11.8 Å². The Morgan fingerprint density at radius 1 is 1.31 bits per heavy atom. The molecule has 2 atom stereocenters. The van der Waals surface area contributed by atoms with Gasteiger partial charge in [-0.05, 0) is 37.0 Å². The molecule has 2 unspecified atom stereocenters. The van der Waals surface area contributed by atoms with Crippen molar-refractivity contribution in [2.24, 2.45) is 11.3 Å². The monoisotopic (exact) mass is 201 g/mol. The Morgan fingerprint density at radius 3 is 2.54 bits per heavy atom. The first kappa shape index (κ1) is 11.4. The minimum atomic E-state index is 0.506. The standard InChI is InChI=1S/C11H23NS/c1-11(2,3)6-5-9-7-13-8-10(9)12-4/h9-10,12H,5-8H2,1-4H3. The van der Waals surface area contributed by atoms with Crippen LogP contribution < -0.4 is 5.32 Å². The van der Waals surface area contributed by atoms with Crippen molar-refractivity contribution < 1.29 is 0 Å². The molecule has 0 spiro atoms. The van der Waals surface area contributed by atoms with Crippen molar-refractivity contribution in [3.05, 3.63) is 0 Å². The van der Waals surface area contributed by atoms with E-state index in [9.17, 15) is 0 Å². The summed E-state index contributed by atoms with van der Waals surface area (Å²) in [5, 5.41) is 3.43. The zero-order chi connectivity index (χ0) is 9.90. The van der Waals surface area contributed by atoms with Crippen LogP contribution in [0.5, 0.6) is 0 Å². The molecule has 0 saturated carbocycles. The Kier molecular flexibility index (Phi) is 4.11. The molecular weight excluding hydrogens is 178 g/mol. The van der Waals surface area contributed by atoms with Crippen LogP contribution in [0.2, 0.25) is 0 Å². The summed E-state index contributed by atoms with van der Waals surface area (Å²) in [6, 6.07) is 0.771. The van der Waals surface area contributed by atoms with Crippen LogP contribution in [-0.4, -0.2) is 24.6 Å². The van der Waals surface area contributed by atoms with E-state index < -0.39 is 0 Å². The van der Waals surface area contributed by atoms with Gasteiger partial charge in [0.25, 0.3) is 0 Å². The maximum absolute atomic E-state index is 3.43. The highest BCUT2D eigenvalue weighted by Gasteiger charge is 2.27. The summed E-state index contributed by atoms with van der Waals surface area (Å²) in [5.74, 6) is 3.58. The molecule has 0 aromatic rings. The maximum Gasteiger partial charge on any atom is 0.0191 e. The van der Waals surface area contributed by atoms with E-state index in [2.05, 4.69) is 44.9 Å². The van der Waals surface area contributed by atoms with Crippen LogP contribution in [0.3, 0.4) is 0 Å². The average Bonchev–Trinajstić information content (AvgIpc) is 2.46. The van der Waals surface area contributed by atoms with Gasteiger partial charge in [0.05, 0.1) is 0 Å². The first-order valence-corrected chi connectivity index (χ1v) is 6.43. The summed E-state index contributed by atoms with van der Waals surface area (Å²) in [7, 11) is 2.10. The minimum absolute atomic E-state index is 0.506. The third kappa shape index (κ3) is 3.90. The molecule has 0 radical (unpaired) electrons. The second-order valence-corrected chi connectivity index (χ2v) is 6.37. The predicted molar refractivity (Wildman–Crippen MR) is 62.4 cm³/mol. The molecule has 1 heterocycles. The summed E-state index contributed by atoms with van der Waals surface area (Å²) in [5.41, 5.74) is 0.506. The Labute approximate surface area is 87.1 Å². The lowest BCUT2D eigenvalue weighted by molar-refractivity contribution is 0.311. The fourth-order valence-corrected chi connectivity index (χ4v) is 3.35. The summed E-state index contributed by atoms with van der Waals surface area (Å²) in [6.45, 7) is 7.01. The Balaban J connectivity index is 2.28. The Hall–Kier alpha value is 0.310. The highest BCUT2D eigenvalue weighted by Crippen LogP contribution is 2.31. The SMILES string of the molecule is CNC1CSCC1CCC(C)(C)C. The van der Waals surface area contributed by atoms with Crippen molar-refractivity contribution >= 4 is 11.8 Å². The second-order valence-electron chi connectivity index (χ2n) is 5.29. The summed E-state index contributed by atoms with van der Waals surface area (Å²) >= 11 is 2.10. The topological polar surface area (TPSA) is 12.0 Å². The van der Waals surface area contributed by atoms with Gasteiger partial charge < -0.3 is 5.32 Å². The number of nitrogens with one attached hydrogen (secondary N) is 1. The van der Waals surface area contributed by atoms with Gasteiger partial charge in [-0.25, -0.2) is 0 Å². The van der Waals surface area contributed by atoms with Gasteiger partial charge in [-0.1, -0.05) is 20.8 Å². The quantitative estimate of drug-likeness (QED) is 0.753. The number of hydrogen-bond acceptors (Lipinski definition) is 2. The molecule has 0 amide bonds. The molecule has 1 saturated heterocycles. The molecule has 0 aromatic heterocycles. The normalized spacial score (nSPS) is 29.5. The Morgan fingerprint density at radius 2 is 2.00 bits per heavy atom. The van der Waals surface area contributed by atoms with Gasteiger partial charge in [-0.3, -0.25) is 0 Å². The predicted octanol–water partition coefficient (Wildman–Crippen LogP) is 2.76. The first-order valence-electron chi connectivity index (χ1n) is 5.28. The van der Waals surface area contributed by atoms with Crippen molar-refractivity contribution in [2.75, 3.05) is 18.6 Å². The summed E-state index contributed by atoms with van der Waals surface area (Å²) in [4.78, 5) is 0. The van der Waals surface area contributed by atoms with E-state index in [1.807, 2.05) is 0 Å². The van der Waals surface area contributed by atoms with E-state index in [0.717, 1.165) is 12.0 Å². The molecule has 2 heteroatoms. The van der Waals surface area contributed by atoms with Crippen molar-refractivity contribution in [1.29, 1.82) is 0 Å². The number of thioether (sulfide) groups is 1. The Bertz CT molecular complexity index is 151. The first-order chi connectivity index (χ1) is 6.03. The molecule has 1 aliphatic rings. The van der Waals surface area contributed by atoms with Crippen LogP contribution in [0.25, 0.3) is 0 Å². The molecule has 0 aromatic carbocycles. The molecule has 1 aliphatic heterocycles. The molecule has 0 aliphatic carbocycles. The molecule has 1 rings (SSSR count). The van der Waals surface area contributed by atoms with E-state index in [1.165, 1.54) is 24.3 Å². The van der Waals surface area contributed by atoms with Gasteiger partial charge in [0.2, 0.25) is 0 Å². The average molecular weight is 201 g/mol. The highest BCUT2D eigenvalue weighted by atomic mass is 32.2. The van der Waals surface area contributed by atoms with Crippen LogP contribution in [0.15, 0.2) is 0 Å². The second kappa shape index (κ2) is 4.70. The fraction of sp³-hybridized carbons (Fsp3) is 1.00. The molecule has 1 nitrogen and oxygen atoms in total. The fourth-order valence-electron chi connectivity index (χ4n) is 1.82. The lowest BCUT2D eigenvalue weighted by Gasteiger charge is -2.23. The van der Waals surface area contributed by atoms with Crippen molar-refractivity contribution in [3.63, 3.8) is 0 Å². The van der Waals surface area contributed by atoms with Gasteiger partial charge in [0.1, 0.15) is 0 Å². The zero-order valence-electron chi connectivity index (χ0n) is 9.39. The zero-order valence-corrected chi connectivity index (χ0v) is 10.2. The van der Waals surface area contributed by atoms with E-state index >= 15 is 0 Å². The summed E-state index contributed by atoms with van der Waals surface area (Å²) in [6.07, 6.45) is 2.75. The molecule has 13 heavy (non-hydrogen) atoms. The third-order valence-electron chi connectivity index (χ3n) is 2.83. The molecular formula is C11H23NS. The molecule has 0 bridgehead atoms. The third-order valence-corrected chi connectivity index (χ3v) is 4.09. The van der Waals surface area contributed by atoms with Crippen molar-refractivity contribution in [2.45, 2.75) is 39.7 Å². The number of hydrogen-bond donors (Lipinski definition) is 1. The largest absolute Gasteiger partial charge is 0.316 e. The highest BCUT2D eigenvalue weighted by molar-refractivity contribution is 7.99. The van der Waals surface area contributed by atoms with Crippen LogP contribution in [0, 0.1) is 11.3 Å². The smallest absolute Gasteiger partial charge is 0.0191 e.